The molecule has 1 atom stereocenters. The molecule has 0 unspecified atom stereocenters. The van der Waals surface area contributed by atoms with Gasteiger partial charge in [0.2, 0.25) is 5.43 Å². The Morgan fingerprint density at radius 2 is 1.94 bits per heavy atom. The van der Waals surface area contributed by atoms with Crippen LogP contribution in [0.15, 0.2) is 59.5 Å². The van der Waals surface area contributed by atoms with Crippen LogP contribution in [0.25, 0.3) is 0 Å². The number of hydrogen-bond donors (Lipinski definition) is 3. The number of nitrogens with zero attached hydrogens (tertiary/aromatic N) is 1. The Balaban J connectivity index is 1.67. The summed E-state index contributed by atoms with van der Waals surface area (Å²) in [4.78, 5) is 38.5. The van der Waals surface area contributed by atoms with Crippen molar-refractivity contribution in [2.75, 3.05) is 6.54 Å². The molecule has 2 aromatic carbocycles. The van der Waals surface area contributed by atoms with Gasteiger partial charge in [-0.3, -0.25) is 14.4 Å². The van der Waals surface area contributed by atoms with Crippen molar-refractivity contribution in [1.82, 2.24) is 15.2 Å². The van der Waals surface area contributed by atoms with E-state index in [2.05, 4.69) is 23.3 Å². The zero-order valence-corrected chi connectivity index (χ0v) is 18.1. The Morgan fingerprint density at radius 3 is 2.67 bits per heavy atom. The minimum atomic E-state index is -0.823. The van der Waals surface area contributed by atoms with E-state index in [9.17, 15) is 23.2 Å². The predicted octanol–water partition coefficient (Wildman–Crippen LogP) is 2.81. The van der Waals surface area contributed by atoms with Gasteiger partial charge < -0.3 is 19.9 Å². The lowest BCUT2D eigenvalue weighted by atomic mass is 10.1. The standard InChI is InChI=1S/C23H19F2N3O4S/c24-15-7-6-14(17(25)8-15)9-26-22(30)16-11-28-18(33)10-27-23(31)19(28)21(20(16)29)32-12-13-4-2-1-3-5-13/h1-8,11,18,33H,9-10,12H2,(H,26,30)(H,27,31)/t18-/m0/s1. The van der Waals surface area contributed by atoms with Crippen molar-refractivity contribution in [3.8, 4) is 5.75 Å². The van der Waals surface area contributed by atoms with E-state index >= 15 is 0 Å². The number of pyridine rings is 1. The number of carbonyl (C=O) groups excluding carboxylic acids is 2. The van der Waals surface area contributed by atoms with Crippen molar-refractivity contribution in [2.24, 2.45) is 0 Å². The predicted molar refractivity (Wildman–Crippen MR) is 119 cm³/mol. The van der Waals surface area contributed by atoms with Crippen molar-refractivity contribution in [3.05, 3.63) is 99.0 Å². The Kier molecular flexibility index (Phi) is 6.45. The van der Waals surface area contributed by atoms with Crippen LogP contribution in [0.2, 0.25) is 0 Å². The second-order valence-corrected chi connectivity index (χ2v) is 7.94. The molecule has 0 saturated carbocycles. The van der Waals surface area contributed by atoms with Gasteiger partial charge in [-0.25, -0.2) is 8.78 Å². The van der Waals surface area contributed by atoms with E-state index in [0.29, 0.717) is 6.07 Å². The number of halogens is 2. The van der Waals surface area contributed by atoms with Crippen LogP contribution in [0.1, 0.15) is 37.3 Å². The normalized spacial score (nSPS) is 14.9. The fourth-order valence-electron chi connectivity index (χ4n) is 3.39. The largest absolute Gasteiger partial charge is 0.483 e. The molecule has 0 spiro atoms. The summed E-state index contributed by atoms with van der Waals surface area (Å²) in [5.74, 6) is -3.17. The third-order valence-electron chi connectivity index (χ3n) is 5.10. The monoisotopic (exact) mass is 471 g/mol. The van der Waals surface area contributed by atoms with Crippen LogP contribution in [0.4, 0.5) is 8.78 Å². The first-order valence-electron chi connectivity index (χ1n) is 9.99. The average Bonchev–Trinajstić information content (AvgIpc) is 2.80. The highest BCUT2D eigenvalue weighted by Gasteiger charge is 2.31. The maximum atomic E-state index is 13.9. The topological polar surface area (TPSA) is 89.4 Å². The number of carbonyl (C=O) groups is 2. The molecule has 2 heterocycles. The van der Waals surface area contributed by atoms with Crippen LogP contribution in [0, 0.1) is 11.6 Å². The number of ether oxygens (including phenoxy) is 1. The molecule has 1 aliphatic heterocycles. The number of aromatic nitrogens is 1. The Morgan fingerprint density at radius 1 is 1.18 bits per heavy atom. The third kappa shape index (κ3) is 4.75. The zero-order valence-electron chi connectivity index (χ0n) is 17.2. The molecule has 2 N–H and O–H groups in total. The fraction of sp³-hybridized carbons (Fsp3) is 0.174. The molecular formula is C23H19F2N3O4S. The van der Waals surface area contributed by atoms with Gasteiger partial charge in [0.1, 0.15) is 23.8 Å². The van der Waals surface area contributed by atoms with Gasteiger partial charge in [-0.1, -0.05) is 36.4 Å². The number of nitrogens with one attached hydrogen (secondary N) is 2. The van der Waals surface area contributed by atoms with E-state index in [1.54, 1.807) is 24.3 Å². The molecule has 0 aliphatic carbocycles. The van der Waals surface area contributed by atoms with E-state index in [-0.39, 0.29) is 42.3 Å². The zero-order chi connectivity index (χ0) is 23.5. The molecule has 0 saturated heterocycles. The number of amides is 2. The summed E-state index contributed by atoms with van der Waals surface area (Å²) in [7, 11) is 0. The summed E-state index contributed by atoms with van der Waals surface area (Å²) in [5.41, 5.74) is -0.307. The number of fused-ring (bicyclic) bond motifs is 1. The summed E-state index contributed by atoms with van der Waals surface area (Å²) in [6.45, 7) is -0.0889. The van der Waals surface area contributed by atoms with Crippen molar-refractivity contribution < 1.29 is 23.1 Å². The van der Waals surface area contributed by atoms with Gasteiger partial charge in [0.05, 0.1) is 5.37 Å². The molecule has 0 radical (unpaired) electrons. The first-order chi connectivity index (χ1) is 15.8. The first-order valence-corrected chi connectivity index (χ1v) is 10.5. The molecule has 2 amide bonds. The molecule has 1 aliphatic rings. The molecule has 1 aromatic heterocycles. The van der Waals surface area contributed by atoms with E-state index in [1.165, 1.54) is 16.8 Å². The summed E-state index contributed by atoms with van der Waals surface area (Å²) >= 11 is 4.42. The Bertz CT molecular complexity index is 1280. The molecule has 0 bridgehead atoms. The van der Waals surface area contributed by atoms with Gasteiger partial charge in [-0.2, -0.15) is 12.6 Å². The minimum absolute atomic E-state index is 0.000535. The van der Waals surface area contributed by atoms with Crippen LogP contribution in [0.5, 0.6) is 5.75 Å². The summed E-state index contributed by atoms with van der Waals surface area (Å²) < 4.78 is 34.1. The summed E-state index contributed by atoms with van der Waals surface area (Å²) in [5, 5.41) is 4.54. The number of benzene rings is 2. The van der Waals surface area contributed by atoms with Gasteiger partial charge in [0.25, 0.3) is 11.8 Å². The molecule has 170 valence electrons. The summed E-state index contributed by atoms with van der Waals surface area (Å²) in [6.07, 6.45) is 1.24. The molecule has 7 nitrogen and oxygen atoms in total. The van der Waals surface area contributed by atoms with Crippen LogP contribution >= 0.6 is 12.6 Å². The smallest absolute Gasteiger partial charge is 0.272 e. The second-order valence-electron chi connectivity index (χ2n) is 7.34. The SMILES string of the molecule is O=C(NCc1ccc(F)cc1F)c1cn2c(c(OCc3ccccc3)c1=O)C(=O)NC[C@@H]2S. The third-order valence-corrected chi connectivity index (χ3v) is 5.53. The van der Waals surface area contributed by atoms with E-state index in [1.807, 2.05) is 6.07 Å². The van der Waals surface area contributed by atoms with E-state index < -0.39 is 34.3 Å². The van der Waals surface area contributed by atoms with Crippen LogP contribution in [0.3, 0.4) is 0 Å². The van der Waals surface area contributed by atoms with Gasteiger partial charge >= 0.3 is 0 Å². The lowest BCUT2D eigenvalue weighted by Crippen LogP contribution is -2.41. The maximum absolute atomic E-state index is 13.9. The highest BCUT2D eigenvalue weighted by atomic mass is 32.1. The number of hydrogen-bond acceptors (Lipinski definition) is 5. The average molecular weight is 471 g/mol. The molecule has 10 heteroatoms. The van der Waals surface area contributed by atoms with E-state index in [0.717, 1.165) is 11.6 Å². The van der Waals surface area contributed by atoms with E-state index in [4.69, 9.17) is 4.74 Å². The van der Waals surface area contributed by atoms with Gasteiger partial charge in [-0.05, 0) is 11.6 Å². The molecular weight excluding hydrogens is 452 g/mol. The number of thiol groups is 1. The van der Waals surface area contributed by atoms with Crippen LogP contribution in [-0.2, 0) is 13.2 Å². The van der Waals surface area contributed by atoms with Crippen LogP contribution < -0.4 is 20.8 Å². The van der Waals surface area contributed by atoms with Gasteiger partial charge in [0.15, 0.2) is 11.4 Å². The van der Waals surface area contributed by atoms with Crippen molar-refractivity contribution in [1.29, 1.82) is 0 Å². The van der Waals surface area contributed by atoms with Crippen molar-refractivity contribution >= 4 is 24.4 Å². The molecule has 3 aromatic rings. The van der Waals surface area contributed by atoms with Crippen molar-refractivity contribution in [3.63, 3.8) is 0 Å². The number of rotatable bonds is 6. The lowest BCUT2D eigenvalue weighted by molar-refractivity contribution is 0.0908. The highest BCUT2D eigenvalue weighted by molar-refractivity contribution is 7.80. The Hall–Kier alpha value is -3.66. The minimum Gasteiger partial charge on any atom is -0.483 e. The molecule has 0 fully saturated rings. The quantitative estimate of drug-likeness (QED) is 0.483. The second kappa shape index (κ2) is 9.45. The molecule has 4 rings (SSSR count). The fourth-order valence-corrected chi connectivity index (χ4v) is 3.67. The lowest BCUT2D eigenvalue weighted by Gasteiger charge is -2.27. The molecule has 33 heavy (non-hydrogen) atoms. The van der Waals surface area contributed by atoms with Crippen LogP contribution in [-0.4, -0.2) is 22.9 Å². The highest BCUT2D eigenvalue weighted by Crippen LogP contribution is 2.25. The first kappa shape index (κ1) is 22.5. The van der Waals surface area contributed by atoms with Crippen molar-refractivity contribution in [2.45, 2.75) is 18.5 Å². The van der Waals surface area contributed by atoms with Gasteiger partial charge in [0, 0.05) is 30.9 Å². The summed E-state index contributed by atoms with van der Waals surface area (Å²) in [6, 6.07) is 12.0. The van der Waals surface area contributed by atoms with Gasteiger partial charge in [-0.15, -0.1) is 0 Å². The Labute approximate surface area is 192 Å². The maximum Gasteiger partial charge on any atom is 0.272 e.